The molecule has 2 rings (SSSR count). The zero-order valence-corrected chi connectivity index (χ0v) is 9.89. The summed E-state index contributed by atoms with van der Waals surface area (Å²) < 4.78 is 0. The van der Waals surface area contributed by atoms with Crippen molar-refractivity contribution in [2.75, 3.05) is 13.1 Å². The van der Waals surface area contributed by atoms with E-state index >= 15 is 0 Å². The summed E-state index contributed by atoms with van der Waals surface area (Å²) in [6, 6.07) is 11.7. The Morgan fingerprint density at radius 3 is 2.78 bits per heavy atom. The quantitative estimate of drug-likeness (QED) is 0.590. The van der Waals surface area contributed by atoms with Crippen LogP contribution in [0.4, 0.5) is 0 Å². The lowest BCUT2D eigenvalue weighted by atomic mass is 10.2. The van der Waals surface area contributed by atoms with Gasteiger partial charge >= 0.3 is 0 Å². The van der Waals surface area contributed by atoms with E-state index in [4.69, 9.17) is 11.0 Å². The number of rotatable bonds is 3. The Balaban J connectivity index is 2.24. The van der Waals surface area contributed by atoms with Crippen LogP contribution in [0.1, 0.15) is 5.56 Å². The minimum Gasteiger partial charge on any atom is -0.369 e. The molecule has 0 spiro atoms. The van der Waals surface area contributed by atoms with Gasteiger partial charge in [0.1, 0.15) is 11.9 Å². The maximum atomic E-state index is 11.2. The van der Waals surface area contributed by atoms with Crippen LogP contribution in [0.5, 0.6) is 0 Å². The molecule has 1 aromatic carbocycles. The zero-order chi connectivity index (χ0) is 13.0. The number of hydrogen-bond donors (Lipinski definition) is 2. The van der Waals surface area contributed by atoms with E-state index in [1.807, 2.05) is 41.3 Å². The van der Waals surface area contributed by atoms with E-state index in [0.29, 0.717) is 18.9 Å². The van der Waals surface area contributed by atoms with Gasteiger partial charge in [0.25, 0.3) is 5.91 Å². The number of hydrogen-bond acceptors (Lipinski definition) is 4. The van der Waals surface area contributed by atoms with Gasteiger partial charge in [-0.15, -0.1) is 0 Å². The van der Waals surface area contributed by atoms with E-state index in [1.165, 1.54) is 0 Å². The van der Waals surface area contributed by atoms with Crippen molar-refractivity contribution in [3.8, 4) is 6.07 Å². The van der Waals surface area contributed by atoms with Gasteiger partial charge in [-0.05, 0) is 5.56 Å². The molecule has 18 heavy (non-hydrogen) atoms. The zero-order valence-electron chi connectivity index (χ0n) is 9.89. The monoisotopic (exact) mass is 242 g/mol. The van der Waals surface area contributed by atoms with Crippen molar-refractivity contribution in [2.45, 2.75) is 6.54 Å². The molecule has 0 aromatic heterocycles. The van der Waals surface area contributed by atoms with Crippen LogP contribution in [-0.4, -0.2) is 23.9 Å². The molecule has 1 aliphatic heterocycles. The van der Waals surface area contributed by atoms with E-state index in [2.05, 4.69) is 5.32 Å². The molecule has 5 nitrogen and oxygen atoms in total. The third-order valence-electron chi connectivity index (χ3n) is 2.80. The highest BCUT2D eigenvalue weighted by atomic mass is 16.1. The van der Waals surface area contributed by atoms with Crippen molar-refractivity contribution in [1.82, 2.24) is 10.2 Å². The molecular formula is C13H14N4O. The Labute approximate surface area is 105 Å². The first-order valence-corrected chi connectivity index (χ1v) is 5.69. The van der Waals surface area contributed by atoms with Gasteiger partial charge in [-0.3, -0.25) is 4.79 Å². The van der Waals surface area contributed by atoms with E-state index in [-0.39, 0.29) is 5.57 Å². The van der Waals surface area contributed by atoms with Crippen molar-refractivity contribution in [2.24, 2.45) is 5.73 Å². The van der Waals surface area contributed by atoms with Crippen molar-refractivity contribution >= 4 is 5.91 Å². The van der Waals surface area contributed by atoms with Crippen LogP contribution in [0.25, 0.3) is 0 Å². The summed E-state index contributed by atoms with van der Waals surface area (Å²) in [6.45, 7) is 2.12. The van der Waals surface area contributed by atoms with Crippen LogP contribution >= 0.6 is 0 Å². The van der Waals surface area contributed by atoms with Gasteiger partial charge in [0, 0.05) is 19.6 Å². The van der Waals surface area contributed by atoms with Gasteiger partial charge in [0.2, 0.25) is 0 Å². The van der Waals surface area contributed by atoms with Gasteiger partial charge in [0.15, 0.2) is 5.57 Å². The number of nitrogens with two attached hydrogens (primary N) is 1. The molecule has 1 saturated heterocycles. The summed E-state index contributed by atoms with van der Waals surface area (Å²) in [4.78, 5) is 13.1. The second kappa shape index (κ2) is 5.23. The Kier molecular flexibility index (Phi) is 3.49. The predicted molar refractivity (Wildman–Crippen MR) is 66.7 cm³/mol. The number of nitriles is 1. The molecule has 0 atom stereocenters. The Morgan fingerprint density at radius 2 is 2.17 bits per heavy atom. The van der Waals surface area contributed by atoms with Gasteiger partial charge in [-0.25, -0.2) is 0 Å². The highest BCUT2D eigenvalue weighted by Gasteiger charge is 2.23. The van der Waals surface area contributed by atoms with Crippen molar-refractivity contribution in [1.29, 1.82) is 5.26 Å². The minimum atomic E-state index is -0.694. The predicted octanol–water partition coefficient (Wildman–Crippen LogP) is 0.312. The number of nitrogens with one attached hydrogen (secondary N) is 1. The minimum absolute atomic E-state index is 0.0107. The maximum absolute atomic E-state index is 11.2. The van der Waals surface area contributed by atoms with E-state index in [0.717, 1.165) is 12.1 Å². The highest BCUT2D eigenvalue weighted by molar-refractivity contribution is 5.96. The normalized spacial score (nSPS) is 16.9. The molecule has 5 heteroatoms. The lowest BCUT2D eigenvalue weighted by molar-refractivity contribution is -0.114. The standard InChI is InChI=1S/C13H14N4O/c14-8-11(12(15)18)13-16-6-7-17(13)9-10-4-2-1-3-5-10/h1-5,16H,6-7,9H2,(H2,15,18)/b13-11+. The smallest absolute Gasteiger partial charge is 0.263 e. The lowest BCUT2D eigenvalue weighted by Crippen LogP contribution is -2.26. The van der Waals surface area contributed by atoms with Crippen LogP contribution in [0.2, 0.25) is 0 Å². The fourth-order valence-corrected chi connectivity index (χ4v) is 1.97. The Bertz CT molecular complexity index is 516. The van der Waals surface area contributed by atoms with Crippen molar-refractivity contribution in [3.05, 3.63) is 47.3 Å². The average molecular weight is 242 g/mol. The fraction of sp³-hybridized carbons (Fsp3) is 0.231. The molecule has 0 radical (unpaired) electrons. The van der Waals surface area contributed by atoms with Gasteiger partial charge in [-0.1, -0.05) is 30.3 Å². The van der Waals surface area contributed by atoms with Crippen LogP contribution in [-0.2, 0) is 11.3 Å². The third-order valence-corrected chi connectivity index (χ3v) is 2.80. The lowest BCUT2D eigenvalue weighted by Gasteiger charge is -2.19. The Morgan fingerprint density at radius 1 is 1.44 bits per heavy atom. The first-order valence-electron chi connectivity index (χ1n) is 5.69. The molecule has 0 saturated carbocycles. The van der Waals surface area contributed by atoms with Gasteiger partial charge in [0.05, 0.1) is 0 Å². The van der Waals surface area contributed by atoms with Crippen LogP contribution in [0.15, 0.2) is 41.7 Å². The summed E-state index contributed by atoms with van der Waals surface area (Å²) >= 11 is 0. The van der Waals surface area contributed by atoms with Crippen molar-refractivity contribution in [3.63, 3.8) is 0 Å². The molecule has 3 N–H and O–H groups in total. The Hall–Kier alpha value is -2.48. The number of carbonyl (C=O) groups is 1. The molecule has 0 unspecified atom stereocenters. The second-order valence-corrected chi connectivity index (χ2v) is 4.03. The molecule has 1 fully saturated rings. The van der Waals surface area contributed by atoms with E-state index in [1.54, 1.807) is 0 Å². The molecule has 1 heterocycles. The van der Waals surface area contributed by atoms with Crippen LogP contribution in [0, 0.1) is 11.3 Å². The number of nitrogens with zero attached hydrogens (tertiary/aromatic N) is 2. The summed E-state index contributed by atoms with van der Waals surface area (Å²) in [5.74, 6) is -0.159. The van der Waals surface area contributed by atoms with E-state index < -0.39 is 5.91 Å². The van der Waals surface area contributed by atoms with E-state index in [9.17, 15) is 4.79 Å². The highest BCUT2D eigenvalue weighted by Crippen LogP contribution is 2.16. The van der Waals surface area contributed by atoms with Gasteiger partial charge in [-0.2, -0.15) is 5.26 Å². The molecule has 0 aliphatic carbocycles. The number of amides is 1. The molecule has 92 valence electrons. The molecule has 1 amide bonds. The fourth-order valence-electron chi connectivity index (χ4n) is 1.97. The number of primary amides is 1. The summed E-state index contributed by atoms with van der Waals surface area (Å²) in [5.41, 5.74) is 6.31. The SMILES string of the molecule is N#C/C(C(N)=O)=C1/NCCN1Cc1ccccc1. The first-order chi connectivity index (χ1) is 8.72. The van der Waals surface area contributed by atoms with Crippen LogP contribution < -0.4 is 11.1 Å². The summed E-state index contributed by atoms with van der Waals surface area (Å²) in [7, 11) is 0. The molecule has 0 bridgehead atoms. The van der Waals surface area contributed by atoms with Crippen LogP contribution in [0.3, 0.4) is 0 Å². The average Bonchev–Trinajstić information content (AvgIpc) is 2.79. The summed E-state index contributed by atoms with van der Waals surface area (Å²) in [6.07, 6.45) is 0. The van der Waals surface area contributed by atoms with Gasteiger partial charge < -0.3 is 16.0 Å². The topological polar surface area (TPSA) is 82.1 Å². The molecule has 1 aromatic rings. The van der Waals surface area contributed by atoms with Crippen molar-refractivity contribution < 1.29 is 4.79 Å². The third kappa shape index (κ3) is 2.43. The summed E-state index contributed by atoms with van der Waals surface area (Å²) in [5, 5.41) is 12.0. The first kappa shape index (κ1) is 12.0. The number of benzene rings is 1. The second-order valence-electron chi connectivity index (χ2n) is 4.03. The number of carbonyl (C=O) groups excluding carboxylic acids is 1. The molecular weight excluding hydrogens is 228 g/mol. The largest absolute Gasteiger partial charge is 0.369 e. The maximum Gasteiger partial charge on any atom is 0.263 e. The molecule has 1 aliphatic rings.